The Morgan fingerprint density at radius 2 is 1.58 bits per heavy atom. The van der Waals surface area contributed by atoms with Crippen molar-refractivity contribution >= 4 is 23.5 Å². The molecule has 0 bridgehead atoms. The summed E-state index contributed by atoms with van der Waals surface area (Å²) < 4.78 is 5.16. The fourth-order valence-electron chi connectivity index (χ4n) is 2.24. The first-order valence-corrected chi connectivity index (χ1v) is 8.90. The number of aromatic nitrogens is 1. The fraction of sp³-hybridized carbons (Fsp3) is 0.100. The van der Waals surface area contributed by atoms with Gasteiger partial charge in [0.05, 0.1) is 7.11 Å². The van der Waals surface area contributed by atoms with Crippen LogP contribution in [-0.2, 0) is 6.54 Å². The molecule has 0 unspecified atom stereocenters. The van der Waals surface area contributed by atoms with Crippen LogP contribution in [0.25, 0.3) is 0 Å². The summed E-state index contributed by atoms with van der Waals surface area (Å²) in [6.45, 7) is 0.458. The van der Waals surface area contributed by atoms with Gasteiger partial charge in [0.2, 0.25) is 0 Å². The molecule has 0 radical (unpaired) electrons. The number of carbonyl (C=O) groups excluding carboxylic acids is 1. The Morgan fingerprint density at radius 3 is 2.19 bits per heavy atom. The Balaban J connectivity index is 1.51. The lowest BCUT2D eigenvalue weighted by molar-refractivity contribution is 0.251. The second-order valence-corrected chi connectivity index (χ2v) is 6.61. The van der Waals surface area contributed by atoms with E-state index in [2.05, 4.69) is 15.6 Å². The first-order chi connectivity index (χ1) is 12.7. The lowest BCUT2D eigenvalue weighted by Gasteiger charge is -2.08. The molecule has 1 aromatic heterocycles. The Kier molecular flexibility index (Phi) is 6.11. The molecule has 1 heterocycles. The topological polar surface area (TPSA) is 63.2 Å². The quantitative estimate of drug-likeness (QED) is 0.672. The Labute approximate surface area is 156 Å². The molecule has 0 aliphatic rings. The van der Waals surface area contributed by atoms with E-state index in [0.717, 1.165) is 26.8 Å². The van der Waals surface area contributed by atoms with E-state index >= 15 is 0 Å². The summed E-state index contributed by atoms with van der Waals surface area (Å²) in [7, 11) is 1.65. The van der Waals surface area contributed by atoms with Gasteiger partial charge in [-0.15, -0.1) is 0 Å². The van der Waals surface area contributed by atoms with Crippen molar-refractivity contribution in [3.05, 3.63) is 78.6 Å². The van der Waals surface area contributed by atoms with E-state index in [0.29, 0.717) is 6.54 Å². The van der Waals surface area contributed by atoms with Crippen molar-refractivity contribution in [2.45, 2.75) is 16.3 Å². The molecular formula is C20H19N3O2S. The first kappa shape index (κ1) is 17.8. The zero-order valence-electron chi connectivity index (χ0n) is 14.3. The maximum atomic E-state index is 12.0. The second-order valence-electron chi connectivity index (χ2n) is 5.47. The highest BCUT2D eigenvalue weighted by Gasteiger charge is 2.03. The number of benzene rings is 2. The number of amides is 2. The lowest BCUT2D eigenvalue weighted by Crippen LogP contribution is -2.28. The summed E-state index contributed by atoms with van der Waals surface area (Å²) in [6.07, 6.45) is 3.41. The number of ether oxygens (including phenoxy) is 1. The molecule has 3 rings (SSSR count). The van der Waals surface area contributed by atoms with Gasteiger partial charge in [-0.1, -0.05) is 11.8 Å². The van der Waals surface area contributed by atoms with Gasteiger partial charge >= 0.3 is 6.03 Å². The van der Waals surface area contributed by atoms with Crippen LogP contribution in [0, 0.1) is 0 Å². The van der Waals surface area contributed by atoms with Crippen LogP contribution in [0.3, 0.4) is 0 Å². The van der Waals surface area contributed by atoms with Crippen molar-refractivity contribution in [1.29, 1.82) is 0 Å². The predicted octanol–water partition coefficient (Wildman–Crippen LogP) is 4.56. The molecule has 2 aromatic carbocycles. The van der Waals surface area contributed by atoms with Gasteiger partial charge in [0.1, 0.15) is 5.75 Å². The second kappa shape index (κ2) is 8.92. The average molecular weight is 365 g/mol. The van der Waals surface area contributed by atoms with E-state index in [4.69, 9.17) is 4.74 Å². The van der Waals surface area contributed by atoms with Gasteiger partial charge in [-0.05, 0) is 66.2 Å². The number of nitrogens with one attached hydrogen (secondary N) is 2. The summed E-state index contributed by atoms with van der Waals surface area (Å²) in [5.41, 5.74) is 1.75. The third-order valence-electron chi connectivity index (χ3n) is 3.61. The lowest BCUT2D eigenvalue weighted by atomic mass is 10.3. The summed E-state index contributed by atoms with van der Waals surface area (Å²) in [5, 5.41) is 5.64. The molecule has 5 nitrogen and oxygen atoms in total. The minimum atomic E-state index is -0.239. The Hall–Kier alpha value is -2.99. The molecule has 3 aromatic rings. The number of hydrogen-bond acceptors (Lipinski definition) is 4. The molecule has 26 heavy (non-hydrogen) atoms. The number of carbonyl (C=O) groups is 1. The maximum absolute atomic E-state index is 12.0. The van der Waals surface area contributed by atoms with Gasteiger partial charge < -0.3 is 15.4 Å². The summed E-state index contributed by atoms with van der Waals surface area (Å²) >= 11 is 1.65. The molecule has 2 N–H and O–H groups in total. The van der Waals surface area contributed by atoms with Crippen molar-refractivity contribution in [3.8, 4) is 5.75 Å². The smallest absolute Gasteiger partial charge is 0.319 e. The van der Waals surface area contributed by atoms with Crippen molar-refractivity contribution < 1.29 is 9.53 Å². The maximum Gasteiger partial charge on any atom is 0.319 e. The minimum Gasteiger partial charge on any atom is -0.497 e. The SMILES string of the molecule is COc1ccc(Sc2ccc(NC(=O)NCc3ccncc3)cc2)cc1. The van der Waals surface area contributed by atoms with E-state index < -0.39 is 0 Å². The van der Waals surface area contributed by atoms with Crippen LogP contribution in [0.5, 0.6) is 5.75 Å². The van der Waals surface area contributed by atoms with E-state index in [-0.39, 0.29) is 6.03 Å². The number of methoxy groups -OCH3 is 1. The number of hydrogen-bond donors (Lipinski definition) is 2. The Morgan fingerprint density at radius 1 is 0.962 bits per heavy atom. The largest absolute Gasteiger partial charge is 0.497 e. The highest BCUT2D eigenvalue weighted by atomic mass is 32.2. The zero-order chi connectivity index (χ0) is 18.2. The molecule has 0 aliphatic heterocycles. The Bertz CT molecular complexity index is 837. The van der Waals surface area contributed by atoms with Crippen molar-refractivity contribution in [3.63, 3.8) is 0 Å². The molecule has 0 saturated heterocycles. The van der Waals surface area contributed by atoms with Gasteiger partial charge in [-0.2, -0.15) is 0 Å². The molecule has 132 valence electrons. The number of rotatable bonds is 6. The van der Waals surface area contributed by atoms with Gasteiger partial charge in [-0.3, -0.25) is 4.98 Å². The van der Waals surface area contributed by atoms with E-state index in [1.165, 1.54) is 0 Å². The third-order valence-corrected chi connectivity index (χ3v) is 4.63. The number of anilines is 1. The van der Waals surface area contributed by atoms with Crippen LogP contribution in [-0.4, -0.2) is 18.1 Å². The van der Waals surface area contributed by atoms with Crippen LogP contribution < -0.4 is 15.4 Å². The number of pyridine rings is 1. The molecule has 0 atom stereocenters. The summed E-state index contributed by atoms with van der Waals surface area (Å²) in [4.78, 5) is 18.1. The number of urea groups is 1. The summed E-state index contributed by atoms with van der Waals surface area (Å²) in [5.74, 6) is 0.840. The third kappa shape index (κ3) is 5.26. The van der Waals surface area contributed by atoms with E-state index in [9.17, 15) is 4.79 Å². The summed E-state index contributed by atoms with van der Waals surface area (Å²) in [6, 6.07) is 19.1. The van der Waals surface area contributed by atoms with Gasteiger partial charge in [-0.25, -0.2) is 4.79 Å². The molecule has 6 heteroatoms. The standard InChI is InChI=1S/C20H19N3O2S/c1-25-17-4-8-19(9-5-17)26-18-6-2-16(3-7-18)23-20(24)22-14-15-10-12-21-13-11-15/h2-13H,14H2,1H3,(H2,22,23,24). The molecular weight excluding hydrogens is 346 g/mol. The van der Waals surface area contributed by atoms with E-state index in [1.807, 2.05) is 60.7 Å². The van der Waals surface area contributed by atoms with Gasteiger partial charge in [0, 0.05) is 34.4 Å². The normalized spacial score (nSPS) is 10.2. The molecule has 0 aliphatic carbocycles. The molecule has 2 amide bonds. The fourth-order valence-corrected chi connectivity index (χ4v) is 3.06. The predicted molar refractivity (Wildman–Crippen MR) is 104 cm³/mol. The van der Waals surface area contributed by atoms with Crippen molar-refractivity contribution in [2.24, 2.45) is 0 Å². The zero-order valence-corrected chi connectivity index (χ0v) is 15.1. The van der Waals surface area contributed by atoms with Crippen LogP contribution >= 0.6 is 11.8 Å². The number of nitrogens with zero attached hydrogens (tertiary/aromatic N) is 1. The van der Waals surface area contributed by atoms with Gasteiger partial charge in [0.25, 0.3) is 0 Å². The highest BCUT2D eigenvalue weighted by Crippen LogP contribution is 2.29. The van der Waals surface area contributed by atoms with Crippen LogP contribution in [0.2, 0.25) is 0 Å². The van der Waals surface area contributed by atoms with Crippen LogP contribution in [0.4, 0.5) is 10.5 Å². The van der Waals surface area contributed by atoms with Crippen LogP contribution in [0.15, 0.2) is 82.8 Å². The van der Waals surface area contributed by atoms with Crippen molar-refractivity contribution in [2.75, 3.05) is 12.4 Å². The van der Waals surface area contributed by atoms with Gasteiger partial charge in [0.15, 0.2) is 0 Å². The average Bonchev–Trinajstić information content (AvgIpc) is 2.69. The monoisotopic (exact) mass is 365 g/mol. The molecule has 0 saturated carbocycles. The minimum absolute atomic E-state index is 0.239. The molecule has 0 spiro atoms. The molecule has 0 fully saturated rings. The van der Waals surface area contributed by atoms with Crippen LogP contribution in [0.1, 0.15) is 5.56 Å². The van der Waals surface area contributed by atoms with E-state index in [1.54, 1.807) is 31.3 Å². The highest BCUT2D eigenvalue weighted by molar-refractivity contribution is 7.99. The van der Waals surface area contributed by atoms with Crippen molar-refractivity contribution in [1.82, 2.24) is 10.3 Å². The first-order valence-electron chi connectivity index (χ1n) is 8.09.